The Morgan fingerprint density at radius 3 is 2.67 bits per heavy atom. The van der Waals surface area contributed by atoms with E-state index < -0.39 is 0 Å². The first-order valence-corrected chi connectivity index (χ1v) is 9.91. The molecule has 0 fully saturated rings. The van der Waals surface area contributed by atoms with Crippen LogP contribution in [-0.4, -0.2) is 18.2 Å². The van der Waals surface area contributed by atoms with Crippen LogP contribution in [0.5, 0.6) is 0 Å². The minimum Gasteiger partial charge on any atom is -0.376 e. The predicted octanol–water partition coefficient (Wildman–Crippen LogP) is 4.60. The van der Waals surface area contributed by atoms with E-state index in [0.29, 0.717) is 5.75 Å². The number of benzene rings is 3. The second-order valence-electron chi connectivity index (χ2n) is 6.46. The molecular weight excluding hydrogens is 354 g/mol. The number of nitrogens with one attached hydrogen (secondary N) is 2. The Hall–Kier alpha value is -2.97. The zero-order valence-electron chi connectivity index (χ0n) is 14.8. The van der Waals surface area contributed by atoms with E-state index in [1.165, 1.54) is 33.7 Å². The van der Waals surface area contributed by atoms with Crippen LogP contribution in [0.15, 0.2) is 59.5 Å². The second-order valence-corrected chi connectivity index (χ2v) is 7.47. The van der Waals surface area contributed by atoms with Gasteiger partial charge in [0, 0.05) is 16.0 Å². The number of rotatable bonds is 6. The van der Waals surface area contributed by atoms with Gasteiger partial charge in [-0.2, -0.15) is 5.26 Å². The third-order valence-electron chi connectivity index (χ3n) is 4.77. The summed E-state index contributed by atoms with van der Waals surface area (Å²) in [5.74, 6) is 0.245. The molecule has 0 heterocycles. The van der Waals surface area contributed by atoms with Crippen LogP contribution in [-0.2, 0) is 17.6 Å². The first-order valence-electron chi connectivity index (χ1n) is 8.92. The zero-order valence-corrected chi connectivity index (χ0v) is 15.6. The summed E-state index contributed by atoms with van der Waals surface area (Å²) in [6.45, 7) is 0.190. The molecule has 0 spiro atoms. The summed E-state index contributed by atoms with van der Waals surface area (Å²) in [6, 6.07) is 20.3. The van der Waals surface area contributed by atoms with Crippen molar-refractivity contribution < 1.29 is 4.79 Å². The molecule has 27 heavy (non-hydrogen) atoms. The number of nitriles is 1. The third-order valence-corrected chi connectivity index (χ3v) is 5.71. The number of thioether (sulfide) groups is 1. The van der Waals surface area contributed by atoms with Gasteiger partial charge in [-0.1, -0.05) is 36.4 Å². The van der Waals surface area contributed by atoms with Gasteiger partial charge in [0.05, 0.1) is 24.1 Å². The van der Waals surface area contributed by atoms with Crippen molar-refractivity contribution in [2.24, 2.45) is 0 Å². The third kappa shape index (κ3) is 3.62. The molecule has 0 bridgehead atoms. The Bertz CT molecular complexity index is 1040. The maximum absolute atomic E-state index is 12.4. The lowest BCUT2D eigenvalue weighted by atomic mass is 10.0. The SMILES string of the molecule is N#CCSc1ccccc1NC(=O)CNc1ccc2c3c(cccc13)CC2. The molecule has 0 radical (unpaired) electrons. The number of hydrogen-bond acceptors (Lipinski definition) is 4. The van der Waals surface area contributed by atoms with Crippen LogP contribution in [0.2, 0.25) is 0 Å². The van der Waals surface area contributed by atoms with Crippen molar-refractivity contribution in [3.8, 4) is 6.07 Å². The van der Waals surface area contributed by atoms with E-state index in [0.717, 1.165) is 29.1 Å². The molecule has 2 N–H and O–H groups in total. The molecule has 0 saturated heterocycles. The lowest BCUT2D eigenvalue weighted by Crippen LogP contribution is -2.22. The lowest BCUT2D eigenvalue weighted by Gasteiger charge is -2.13. The first-order chi connectivity index (χ1) is 13.3. The largest absolute Gasteiger partial charge is 0.376 e. The van der Waals surface area contributed by atoms with Crippen LogP contribution < -0.4 is 10.6 Å². The van der Waals surface area contributed by atoms with Crippen molar-refractivity contribution >= 4 is 39.8 Å². The smallest absolute Gasteiger partial charge is 0.243 e. The molecular formula is C22H19N3OS. The highest BCUT2D eigenvalue weighted by Gasteiger charge is 2.16. The van der Waals surface area contributed by atoms with Gasteiger partial charge in [0.1, 0.15) is 0 Å². The lowest BCUT2D eigenvalue weighted by molar-refractivity contribution is -0.114. The molecule has 3 aromatic rings. The summed E-state index contributed by atoms with van der Waals surface area (Å²) >= 11 is 1.42. The molecule has 5 heteroatoms. The summed E-state index contributed by atoms with van der Waals surface area (Å²) in [6.07, 6.45) is 2.18. The number of para-hydroxylation sites is 1. The highest BCUT2D eigenvalue weighted by atomic mass is 32.2. The molecule has 1 aliphatic rings. The van der Waals surface area contributed by atoms with Crippen molar-refractivity contribution in [1.29, 1.82) is 5.26 Å². The molecule has 0 atom stereocenters. The van der Waals surface area contributed by atoms with Crippen LogP contribution in [0, 0.1) is 11.3 Å². The fourth-order valence-corrected chi connectivity index (χ4v) is 4.25. The van der Waals surface area contributed by atoms with Gasteiger partial charge in [-0.25, -0.2) is 0 Å². The van der Waals surface area contributed by atoms with Gasteiger partial charge < -0.3 is 10.6 Å². The van der Waals surface area contributed by atoms with Crippen LogP contribution in [0.3, 0.4) is 0 Å². The number of aryl methyl sites for hydroxylation is 2. The number of hydrogen-bond donors (Lipinski definition) is 2. The average Bonchev–Trinajstić information content (AvgIpc) is 3.12. The highest BCUT2D eigenvalue weighted by Crippen LogP contribution is 2.35. The summed E-state index contributed by atoms with van der Waals surface area (Å²) in [4.78, 5) is 13.3. The maximum Gasteiger partial charge on any atom is 0.243 e. The van der Waals surface area contributed by atoms with Crippen LogP contribution in [0.4, 0.5) is 11.4 Å². The van der Waals surface area contributed by atoms with Crippen LogP contribution in [0.25, 0.3) is 10.8 Å². The van der Waals surface area contributed by atoms with Gasteiger partial charge in [0.25, 0.3) is 0 Å². The second kappa shape index (κ2) is 7.73. The number of amides is 1. The standard InChI is InChI=1S/C22H19N3OS/c23-12-13-27-20-7-2-1-6-19(20)25-21(26)14-24-18-11-10-16-9-8-15-4-3-5-17(18)22(15)16/h1-7,10-11,24H,8-9,13-14H2,(H,25,26). The predicted molar refractivity (Wildman–Crippen MR) is 111 cm³/mol. The van der Waals surface area contributed by atoms with E-state index in [2.05, 4.69) is 47.0 Å². The molecule has 1 aliphatic carbocycles. The van der Waals surface area contributed by atoms with Gasteiger partial charge in [-0.3, -0.25) is 4.79 Å². The Kier molecular flexibility index (Phi) is 4.99. The minimum absolute atomic E-state index is 0.108. The molecule has 0 unspecified atom stereocenters. The van der Waals surface area contributed by atoms with Gasteiger partial charge in [-0.15, -0.1) is 11.8 Å². The molecule has 0 saturated carbocycles. The molecule has 0 aromatic heterocycles. The Balaban J connectivity index is 1.47. The maximum atomic E-state index is 12.4. The Morgan fingerprint density at radius 1 is 1.00 bits per heavy atom. The average molecular weight is 373 g/mol. The van der Waals surface area contributed by atoms with Gasteiger partial charge >= 0.3 is 0 Å². The van der Waals surface area contributed by atoms with Gasteiger partial charge in [0.2, 0.25) is 5.91 Å². The van der Waals surface area contributed by atoms with Crippen LogP contribution in [0.1, 0.15) is 11.1 Å². The van der Waals surface area contributed by atoms with E-state index in [9.17, 15) is 4.79 Å². The molecule has 3 aromatic carbocycles. The number of carbonyl (C=O) groups is 1. The summed E-state index contributed by atoms with van der Waals surface area (Å²) < 4.78 is 0. The highest BCUT2D eigenvalue weighted by molar-refractivity contribution is 7.99. The van der Waals surface area contributed by atoms with Gasteiger partial charge in [0.15, 0.2) is 0 Å². The summed E-state index contributed by atoms with van der Waals surface area (Å²) in [5, 5.41) is 17.5. The topological polar surface area (TPSA) is 64.9 Å². The van der Waals surface area contributed by atoms with Crippen molar-refractivity contribution in [3.63, 3.8) is 0 Å². The number of nitrogens with zero attached hydrogens (tertiary/aromatic N) is 1. The molecule has 0 aliphatic heterocycles. The monoisotopic (exact) mass is 373 g/mol. The van der Waals surface area contributed by atoms with Crippen molar-refractivity contribution in [2.45, 2.75) is 17.7 Å². The minimum atomic E-state index is -0.108. The normalized spacial score (nSPS) is 12.0. The number of anilines is 2. The van der Waals surface area contributed by atoms with Crippen molar-refractivity contribution in [3.05, 3.63) is 65.7 Å². The van der Waals surface area contributed by atoms with E-state index >= 15 is 0 Å². The summed E-state index contributed by atoms with van der Waals surface area (Å²) in [5.41, 5.74) is 4.50. The van der Waals surface area contributed by atoms with Crippen molar-refractivity contribution in [1.82, 2.24) is 0 Å². The summed E-state index contributed by atoms with van der Waals surface area (Å²) in [7, 11) is 0. The van der Waals surface area contributed by atoms with E-state index in [4.69, 9.17) is 5.26 Å². The fourth-order valence-electron chi connectivity index (χ4n) is 3.58. The van der Waals surface area contributed by atoms with E-state index in [1.54, 1.807) is 0 Å². The quantitative estimate of drug-likeness (QED) is 0.620. The van der Waals surface area contributed by atoms with Crippen LogP contribution >= 0.6 is 11.8 Å². The van der Waals surface area contributed by atoms with E-state index in [-0.39, 0.29) is 12.5 Å². The van der Waals surface area contributed by atoms with E-state index in [1.807, 2.05) is 24.3 Å². The fraction of sp³-hybridized carbons (Fsp3) is 0.182. The van der Waals surface area contributed by atoms with Gasteiger partial charge in [-0.05, 0) is 47.6 Å². The first kappa shape index (κ1) is 17.4. The zero-order chi connectivity index (χ0) is 18.6. The molecule has 134 valence electrons. The Morgan fingerprint density at radius 2 is 1.81 bits per heavy atom. The number of carbonyl (C=O) groups excluding carboxylic acids is 1. The molecule has 1 amide bonds. The molecule has 4 nitrogen and oxygen atoms in total. The Labute approximate surface area is 162 Å². The molecule has 4 rings (SSSR count). The van der Waals surface area contributed by atoms with Crippen molar-refractivity contribution in [2.75, 3.05) is 22.9 Å².